The fourth-order valence-electron chi connectivity index (χ4n) is 2.47. The van der Waals surface area contributed by atoms with Crippen LogP contribution in [-0.2, 0) is 14.8 Å². The van der Waals surface area contributed by atoms with Crippen molar-refractivity contribution in [3.63, 3.8) is 0 Å². The van der Waals surface area contributed by atoms with Gasteiger partial charge in [0.2, 0.25) is 0 Å². The van der Waals surface area contributed by atoms with Crippen LogP contribution < -0.4 is 14.8 Å². The Morgan fingerprint density at radius 2 is 1.90 bits per heavy atom. The molecule has 0 spiro atoms. The molecule has 7 nitrogen and oxygen atoms in total. The number of carbonyl (C=O) groups excluding carboxylic acids is 1. The quantitative estimate of drug-likeness (QED) is 0.549. The summed E-state index contributed by atoms with van der Waals surface area (Å²) in [5.41, 5.74) is 0.464. The first kappa shape index (κ1) is 23.0. The summed E-state index contributed by atoms with van der Waals surface area (Å²) < 4.78 is 38.7. The van der Waals surface area contributed by atoms with Gasteiger partial charge in [0.1, 0.15) is 10.6 Å². The van der Waals surface area contributed by atoms with E-state index in [9.17, 15) is 13.2 Å². The molecule has 2 rings (SSSR count). The maximum absolute atomic E-state index is 12.8. The molecule has 0 aromatic heterocycles. The number of hydrogen-bond acceptors (Lipinski definition) is 5. The third kappa shape index (κ3) is 6.62. The van der Waals surface area contributed by atoms with Crippen LogP contribution in [0.25, 0.3) is 0 Å². The Bertz CT molecular complexity index is 948. The second-order valence-electron chi connectivity index (χ2n) is 6.48. The number of hydrogen-bond donors (Lipinski definition) is 2. The number of sulfonamides is 1. The Balaban J connectivity index is 2.14. The van der Waals surface area contributed by atoms with Gasteiger partial charge in [-0.2, -0.15) is 0 Å². The van der Waals surface area contributed by atoms with Crippen LogP contribution in [0.5, 0.6) is 5.75 Å². The van der Waals surface area contributed by atoms with Gasteiger partial charge in [-0.3, -0.25) is 9.52 Å². The van der Waals surface area contributed by atoms with Gasteiger partial charge in [0.15, 0.2) is 0 Å². The van der Waals surface area contributed by atoms with Crippen molar-refractivity contribution in [1.82, 2.24) is 5.32 Å². The lowest BCUT2D eigenvalue weighted by atomic mass is 10.2. The van der Waals surface area contributed by atoms with E-state index in [1.807, 2.05) is 13.8 Å². The lowest BCUT2D eigenvalue weighted by molar-refractivity contribution is 0.0757. The van der Waals surface area contributed by atoms with Crippen molar-refractivity contribution >= 4 is 33.2 Å². The second kappa shape index (κ2) is 10.5. The standard InChI is InChI=1S/C20H25ClN2O5S/c1-14(2)28-12-6-11-22-20(24)15-9-10-16(21)19(13-15)29(25,26)23-17-7-4-5-8-18(17)27-3/h4-5,7-10,13-14,23H,6,11-12H2,1-3H3,(H,22,24). The molecule has 0 saturated heterocycles. The van der Waals surface area contributed by atoms with Crippen LogP contribution in [0.4, 0.5) is 5.69 Å². The Kier molecular flexibility index (Phi) is 8.31. The highest BCUT2D eigenvalue weighted by Crippen LogP contribution is 2.29. The first-order valence-electron chi connectivity index (χ1n) is 9.10. The average Bonchev–Trinajstić information content (AvgIpc) is 2.67. The average molecular weight is 441 g/mol. The van der Waals surface area contributed by atoms with Crippen LogP contribution in [0.2, 0.25) is 5.02 Å². The number of nitrogens with one attached hydrogen (secondary N) is 2. The van der Waals surface area contributed by atoms with Gasteiger partial charge >= 0.3 is 0 Å². The van der Waals surface area contributed by atoms with Crippen molar-refractivity contribution in [2.75, 3.05) is 25.0 Å². The molecule has 0 aliphatic rings. The van der Waals surface area contributed by atoms with Crippen molar-refractivity contribution in [3.8, 4) is 5.75 Å². The number of para-hydroxylation sites is 2. The van der Waals surface area contributed by atoms with Gasteiger partial charge in [-0.1, -0.05) is 23.7 Å². The molecule has 158 valence electrons. The normalized spacial score (nSPS) is 11.3. The van der Waals surface area contributed by atoms with Gasteiger partial charge in [-0.15, -0.1) is 0 Å². The fraction of sp³-hybridized carbons (Fsp3) is 0.350. The summed E-state index contributed by atoms with van der Waals surface area (Å²) in [6.45, 7) is 4.82. The number of rotatable bonds is 10. The van der Waals surface area contributed by atoms with Gasteiger partial charge < -0.3 is 14.8 Å². The Morgan fingerprint density at radius 1 is 1.17 bits per heavy atom. The summed E-state index contributed by atoms with van der Waals surface area (Å²) >= 11 is 6.10. The molecule has 0 radical (unpaired) electrons. The third-order valence-corrected chi connectivity index (χ3v) is 5.74. The number of benzene rings is 2. The van der Waals surface area contributed by atoms with Gasteiger partial charge in [-0.25, -0.2) is 8.42 Å². The van der Waals surface area contributed by atoms with Crippen LogP contribution in [0, 0.1) is 0 Å². The molecular weight excluding hydrogens is 416 g/mol. The van der Waals surface area contributed by atoms with Crippen LogP contribution >= 0.6 is 11.6 Å². The van der Waals surface area contributed by atoms with E-state index >= 15 is 0 Å². The summed E-state index contributed by atoms with van der Waals surface area (Å²) in [6, 6.07) is 10.7. The van der Waals surface area contributed by atoms with E-state index in [0.717, 1.165) is 0 Å². The van der Waals surface area contributed by atoms with E-state index in [-0.39, 0.29) is 33.2 Å². The minimum atomic E-state index is -4.03. The highest BCUT2D eigenvalue weighted by molar-refractivity contribution is 7.92. The highest BCUT2D eigenvalue weighted by Gasteiger charge is 2.21. The van der Waals surface area contributed by atoms with Crippen LogP contribution in [0.15, 0.2) is 47.4 Å². The van der Waals surface area contributed by atoms with Crippen LogP contribution in [-0.4, -0.2) is 40.7 Å². The van der Waals surface area contributed by atoms with E-state index in [2.05, 4.69) is 10.0 Å². The smallest absolute Gasteiger partial charge is 0.263 e. The molecule has 2 aromatic carbocycles. The van der Waals surface area contributed by atoms with E-state index in [1.54, 1.807) is 24.3 Å². The monoisotopic (exact) mass is 440 g/mol. The summed E-state index contributed by atoms with van der Waals surface area (Å²) in [5, 5.41) is 2.75. The van der Waals surface area contributed by atoms with Gasteiger partial charge in [-0.05, 0) is 50.6 Å². The van der Waals surface area contributed by atoms with Gasteiger partial charge in [0.05, 0.1) is 23.9 Å². The van der Waals surface area contributed by atoms with Crippen LogP contribution in [0.3, 0.4) is 0 Å². The molecule has 0 atom stereocenters. The molecule has 2 aromatic rings. The predicted octanol–water partition coefficient (Wildman–Crippen LogP) is 3.69. The number of carbonyl (C=O) groups is 1. The van der Waals surface area contributed by atoms with Crippen LogP contribution in [0.1, 0.15) is 30.6 Å². The molecular formula is C20H25ClN2O5S. The summed E-state index contributed by atoms with van der Waals surface area (Å²) in [4.78, 5) is 12.2. The van der Waals surface area contributed by atoms with Gasteiger partial charge in [0.25, 0.3) is 15.9 Å². The zero-order valence-corrected chi connectivity index (χ0v) is 18.1. The van der Waals surface area contributed by atoms with E-state index in [1.165, 1.54) is 25.3 Å². The minimum absolute atomic E-state index is 0.00859. The van der Waals surface area contributed by atoms with Gasteiger partial charge in [0, 0.05) is 18.7 Å². The molecule has 0 heterocycles. The third-order valence-electron chi connectivity index (χ3n) is 3.89. The number of halogens is 1. The topological polar surface area (TPSA) is 93.7 Å². The number of amides is 1. The fourth-order valence-corrected chi connectivity index (χ4v) is 4.07. The largest absolute Gasteiger partial charge is 0.495 e. The van der Waals surface area contributed by atoms with Crippen molar-refractivity contribution < 1.29 is 22.7 Å². The zero-order valence-electron chi connectivity index (χ0n) is 16.6. The molecule has 0 aliphatic heterocycles. The summed E-state index contributed by atoms with van der Waals surface area (Å²) in [7, 11) is -2.59. The number of anilines is 1. The Hall–Kier alpha value is -2.29. The second-order valence-corrected chi connectivity index (χ2v) is 8.54. The molecule has 0 unspecified atom stereocenters. The minimum Gasteiger partial charge on any atom is -0.495 e. The van der Waals surface area contributed by atoms with E-state index in [4.69, 9.17) is 21.1 Å². The SMILES string of the molecule is COc1ccccc1NS(=O)(=O)c1cc(C(=O)NCCCOC(C)C)ccc1Cl. The molecule has 1 amide bonds. The molecule has 2 N–H and O–H groups in total. The molecule has 0 fully saturated rings. The molecule has 29 heavy (non-hydrogen) atoms. The highest BCUT2D eigenvalue weighted by atomic mass is 35.5. The van der Waals surface area contributed by atoms with Crippen molar-refractivity contribution in [2.24, 2.45) is 0 Å². The predicted molar refractivity (Wildman–Crippen MR) is 113 cm³/mol. The van der Waals surface area contributed by atoms with E-state index < -0.39 is 10.0 Å². The number of ether oxygens (including phenoxy) is 2. The maximum atomic E-state index is 12.8. The lowest BCUT2D eigenvalue weighted by Crippen LogP contribution is -2.26. The Morgan fingerprint density at radius 3 is 2.59 bits per heavy atom. The molecule has 0 bridgehead atoms. The molecule has 9 heteroatoms. The first-order valence-corrected chi connectivity index (χ1v) is 11.0. The Labute approximate surface area is 176 Å². The van der Waals surface area contributed by atoms with Crippen molar-refractivity contribution in [1.29, 1.82) is 0 Å². The molecule has 0 aliphatic carbocycles. The maximum Gasteiger partial charge on any atom is 0.263 e. The number of methoxy groups -OCH3 is 1. The van der Waals surface area contributed by atoms with Crippen molar-refractivity contribution in [3.05, 3.63) is 53.1 Å². The lowest BCUT2D eigenvalue weighted by Gasteiger charge is -2.13. The van der Waals surface area contributed by atoms with Crippen molar-refractivity contribution in [2.45, 2.75) is 31.3 Å². The first-order chi connectivity index (χ1) is 13.7. The molecule has 0 saturated carbocycles. The zero-order chi connectivity index (χ0) is 21.4. The summed E-state index contributed by atoms with van der Waals surface area (Å²) in [6.07, 6.45) is 0.781. The van der Waals surface area contributed by atoms with E-state index in [0.29, 0.717) is 25.3 Å². The summed E-state index contributed by atoms with van der Waals surface area (Å²) in [5.74, 6) is -0.0235.